The lowest BCUT2D eigenvalue weighted by atomic mass is 10.3. The Morgan fingerprint density at radius 3 is 3.00 bits per heavy atom. The number of hydrogen-bond acceptors (Lipinski definition) is 5. The zero-order valence-electron chi connectivity index (χ0n) is 10.5. The predicted molar refractivity (Wildman–Crippen MR) is 79.0 cm³/mol. The zero-order chi connectivity index (χ0) is 14.7. The number of nitrogens with zero attached hydrogens (tertiary/aromatic N) is 2. The van der Waals surface area contributed by atoms with Gasteiger partial charge >= 0.3 is 5.69 Å². The van der Waals surface area contributed by atoms with Crippen LogP contribution in [0.1, 0.15) is 0 Å². The van der Waals surface area contributed by atoms with Crippen LogP contribution in [0.4, 0.5) is 11.4 Å². The van der Waals surface area contributed by atoms with Gasteiger partial charge in [-0.2, -0.15) is 0 Å². The first kappa shape index (κ1) is 14.5. The summed E-state index contributed by atoms with van der Waals surface area (Å²) in [5, 5.41) is 9.57. The van der Waals surface area contributed by atoms with Crippen molar-refractivity contribution in [3.8, 4) is 0 Å². The molecule has 4 N–H and O–H groups in total. The molecule has 2 aromatic rings. The maximum Gasteiger partial charge on any atom is 0.343 e. The minimum Gasteiger partial charge on any atom is -0.399 e. The second-order valence-corrected chi connectivity index (χ2v) is 5.30. The van der Waals surface area contributed by atoms with Gasteiger partial charge in [-0.1, -0.05) is 23.4 Å². The Bertz CT molecular complexity index is 696. The molecule has 106 valence electrons. The van der Waals surface area contributed by atoms with Crippen LogP contribution in [0.25, 0.3) is 0 Å². The summed E-state index contributed by atoms with van der Waals surface area (Å²) in [6, 6.07) is 4.83. The van der Waals surface area contributed by atoms with Crippen molar-refractivity contribution >= 4 is 40.6 Å². The number of aromatic amines is 1. The lowest BCUT2D eigenvalue weighted by molar-refractivity contribution is -0.113. The molecule has 0 saturated heterocycles. The van der Waals surface area contributed by atoms with Crippen molar-refractivity contribution in [1.82, 2.24) is 14.8 Å². The normalized spacial score (nSPS) is 10.5. The molecule has 1 aromatic heterocycles. The molecule has 7 nitrogen and oxygen atoms in total. The molecule has 0 fully saturated rings. The Labute approximate surface area is 123 Å². The Balaban J connectivity index is 1.97. The maximum atomic E-state index is 11.8. The molecule has 0 unspecified atom stereocenters. The highest BCUT2D eigenvalue weighted by atomic mass is 35.5. The van der Waals surface area contributed by atoms with Crippen LogP contribution < -0.4 is 16.7 Å². The van der Waals surface area contributed by atoms with Crippen LogP contribution in [0.2, 0.25) is 5.02 Å². The number of amides is 1. The third-order valence-corrected chi connectivity index (χ3v) is 3.80. The van der Waals surface area contributed by atoms with Gasteiger partial charge in [0.25, 0.3) is 0 Å². The van der Waals surface area contributed by atoms with Gasteiger partial charge in [0.1, 0.15) is 0 Å². The SMILES string of the molecule is Cn1c(SCC(=O)Nc2cc(N)ccc2Cl)n[nH]c1=O. The number of nitrogens with two attached hydrogens (primary N) is 1. The average molecular weight is 314 g/mol. The van der Waals surface area contributed by atoms with Crippen molar-refractivity contribution in [1.29, 1.82) is 0 Å². The van der Waals surface area contributed by atoms with Gasteiger partial charge in [-0.15, -0.1) is 5.10 Å². The Morgan fingerprint density at radius 1 is 1.60 bits per heavy atom. The number of rotatable bonds is 4. The number of H-pyrrole nitrogens is 1. The number of carbonyl (C=O) groups is 1. The number of nitrogens with one attached hydrogen (secondary N) is 2. The molecule has 0 aliphatic carbocycles. The highest BCUT2D eigenvalue weighted by Gasteiger charge is 2.10. The number of halogens is 1. The minimum atomic E-state index is -0.327. The lowest BCUT2D eigenvalue weighted by Crippen LogP contribution is -2.16. The van der Waals surface area contributed by atoms with Crippen LogP contribution in [0.3, 0.4) is 0 Å². The van der Waals surface area contributed by atoms with Crippen molar-refractivity contribution < 1.29 is 4.79 Å². The van der Waals surface area contributed by atoms with Crippen molar-refractivity contribution in [2.75, 3.05) is 16.8 Å². The first-order valence-electron chi connectivity index (χ1n) is 5.56. The topological polar surface area (TPSA) is 106 Å². The fourth-order valence-corrected chi connectivity index (χ4v) is 2.30. The number of carbonyl (C=O) groups excluding carboxylic acids is 1. The molecule has 0 spiro atoms. The predicted octanol–water partition coefficient (Wildman–Crippen LogP) is 1.07. The summed E-state index contributed by atoms with van der Waals surface area (Å²) in [6.07, 6.45) is 0. The van der Waals surface area contributed by atoms with E-state index < -0.39 is 0 Å². The number of hydrogen-bond donors (Lipinski definition) is 3. The number of aromatic nitrogens is 3. The van der Waals surface area contributed by atoms with E-state index in [9.17, 15) is 9.59 Å². The molecule has 1 heterocycles. The van der Waals surface area contributed by atoms with Gasteiger partial charge in [0, 0.05) is 12.7 Å². The van der Waals surface area contributed by atoms with Gasteiger partial charge in [0.2, 0.25) is 5.91 Å². The smallest absolute Gasteiger partial charge is 0.343 e. The van der Waals surface area contributed by atoms with Gasteiger partial charge in [-0.3, -0.25) is 9.36 Å². The molecule has 0 atom stereocenters. The highest BCUT2D eigenvalue weighted by molar-refractivity contribution is 7.99. The van der Waals surface area contributed by atoms with Crippen LogP contribution >= 0.6 is 23.4 Å². The summed E-state index contributed by atoms with van der Waals surface area (Å²) in [5.74, 6) is -0.165. The fourth-order valence-electron chi connectivity index (χ4n) is 1.42. The van der Waals surface area contributed by atoms with E-state index in [4.69, 9.17) is 17.3 Å². The summed E-state index contributed by atoms with van der Waals surface area (Å²) < 4.78 is 1.32. The van der Waals surface area contributed by atoms with Crippen LogP contribution in [0.5, 0.6) is 0 Å². The van der Waals surface area contributed by atoms with Gasteiger partial charge in [-0.25, -0.2) is 9.89 Å². The molecule has 0 saturated carbocycles. The van der Waals surface area contributed by atoms with Crippen molar-refractivity contribution in [2.45, 2.75) is 5.16 Å². The molecule has 0 aliphatic rings. The van der Waals surface area contributed by atoms with E-state index in [2.05, 4.69) is 15.5 Å². The van der Waals surface area contributed by atoms with E-state index in [1.54, 1.807) is 25.2 Å². The molecule has 9 heteroatoms. The Kier molecular flexibility index (Phi) is 4.35. The molecule has 0 bridgehead atoms. The molecule has 0 aliphatic heterocycles. The number of benzene rings is 1. The summed E-state index contributed by atoms with van der Waals surface area (Å²) in [7, 11) is 1.57. The van der Waals surface area contributed by atoms with Crippen LogP contribution in [-0.4, -0.2) is 26.4 Å². The van der Waals surface area contributed by atoms with Gasteiger partial charge in [0.15, 0.2) is 5.16 Å². The van der Waals surface area contributed by atoms with E-state index in [-0.39, 0.29) is 17.3 Å². The molecular weight excluding hydrogens is 302 g/mol. The fraction of sp³-hybridized carbons (Fsp3) is 0.182. The van der Waals surface area contributed by atoms with Crippen LogP contribution in [0.15, 0.2) is 28.2 Å². The van der Waals surface area contributed by atoms with Crippen LogP contribution in [0, 0.1) is 0 Å². The molecular formula is C11H12ClN5O2S. The Hall–Kier alpha value is -1.93. The van der Waals surface area contributed by atoms with Gasteiger partial charge in [-0.05, 0) is 18.2 Å². The van der Waals surface area contributed by atoms with E-state index in [0.717, 1.165) is 11.8 Å². The second-order valence-electron chi connectivity index (χ2n) is 3.95. The zero-order valence-corrected chi connectivity index (χ0v) is 12.1. The highest BCUT2D eigenvalue weighted by Crippen LogP contribution is 2.24. The first-order chi connectivity index (χ1) is 9.47. The standard InChI is InChI=1S/C11H12ClN5O2S/c1-17-10(19)15-16-11(17)20-5-9(18)14-8-4-6(13)2-3-7(8)12/h2-4H,5,13H2,1H3,(H,14,18)(H,15,19). The summed E-state index contributed by atoms with van der Waals surface area (Å²) in [5.41, 5.74) is 6.26. The average Bonchev–Trinajstić information content (AvgIpc) is 2.72. The number of anilines is 2. The van der Waals surface area contributed by atoms with Crippen molar-refractivity contribution in [2.24, 2.45) is 7.05 Å². The lowest BCUT2D eigenvalue weighted by Gasteiger charge is -2.07. The van der Waals surface area contributed by atoms with Gasteiger partial charge < -0.3 is 11.1 Å². The van der Waals surface area contributed by atoms with E-state index in [1.807, 2.05) is 0 Å². The second kappa shape index (κ2) is 6.02. The van der Waals surface area contributed by atoms with Gasteiger partial charge in [0.05, 0.1) is 16.5 Å². The summed E-state index contributed by atoms with van der Waals surface area (Å²) in [4.78, 5) is 23.0. The molecule has 1 aromatic carbocycles. The maximum absolute atomic E-state index is 11.8. The summed E-state index contributed by atoms with van der Waals surface area (Å²) >= 11 is 7.09. The molecule has 0 radical (unpaired) electrons. The van der Waals surface area contributed by atoms with E-state index >= 15 is 0 Å². The minimum absolute atomic E-state index is 0.100. The number of thioether (sulfide) groups is 1. The summed E-state index contributed by atoms with van der Waals surface area (Å²) in [6.45, 7) is 0. The van der Waals surface area contributed by atoms with E-state index in [0.29, 0.717) is 21.6 Å². The molecule has 20 heavy (non-hydrogen) atoms. The monoisotopic (exact) mass is 313 g/mol. The third-order valence-electron chi connectivity index (χ3n) is 2.44. The van der Waals surface area contributed by atoms with Crippen molar-refractivity contribution in [3.63, 3.8) is 0 Å². The largest absolute Gasteiger partial charge is 0.399 e. The van der Waals surface area contributed by atoms with Crippen molar-refractivity contribution in [3.05, 3.63) is 33.7 Å². The third kappa shape index (κ3) is 3.34. The molecule has 1 amide bonds. The first-order valence-corrected chi connectivity index (χ1v) is 6.93. The van der Waals surface area contributed by atoms with E-state index in [1.165, 1.54) is 4.57 Å². The quantitative estimate of drug-likeness (QED) is 0.578. The molecule has 2 rings (SSSR count). The number of nitrogen functional groups attached to an aromatic ring is 1. The Morgan fingerprint density at radius 2 is 2.35 bits per heavy atom. The van der Waals surface area contributed by atoms with Crippen LogP contribution in [-0.2, 0) is 11.8 Å².